The molecule has 1 saturated carbocycles. The lowest BCUT2D eigenvalue weighted by molar-refractivity contribution is 0.203. The third-order valence-corrected chi connectivity index (χ3v) is 4.90. The Kier molecular flexibility index (Phi) is 5.69. The van der Waals surface area contributed by atoms with Crippen LogP contribution in [0.4, 0.5) is 0 Å². The molecule has 2 heteroatoms. The predicted octanol–water partition coefficient (Wildman–Crippen LogP) is 4.94. The van der Waals surface area contributed by atoms with Gasteiger partial charge >= 0.3 is 0 Å². The molecule has 1 fully saturated rings. The number of nitrogens with two attached hydrogens (primary N) is 1. The van der Waals surface area contributed by atoms with E-state index in [9.17, 15) is 0 Å². The minimum atomic E-state index is 0.172. The smallest absolute Gasteiger partial charge is 0.119 e. The van der Waals surface area contributed by atoms with Gasteiger partial charge in [-0.1, -0.05) is 26.0 Å². The summed E-state index contributed by atoms with van der Waals surface area (Å²) < 4.78 is 5.69. The van der Waals surface area contributed by atoms with Crippen LogP contribution in [0.5, 0.6) is 5.75 Å². The summed E-state index contributed by atoms with van der Waals surface area (Å²) in [4.78, 5) is 0. The van der Waals surface area contributed by atoms with Crippen molar-refractivity contribution in [2.45, 2.75) is 65.5 Å². The Morgan fingerprint density at radius 2 is 1.43 bits per heavy atom. The Balaban J connectivity index is 1.93. The van der Waals surface area contributed by atoms with Gasteiger partial charge < -0.3 is 10.5 Å². The summed E-state index contributed by atoms with van der Waals surface area (Å²) in [6, 6.07) is 8.55. The lowest BCUT2D eigenvalue weighted by Gasteiger charge is -2.34. The molecule has 0 bridgehead atoms. The third kappa shape index (κ3) is 4.47. The molecular formula is C19H31NO. The van der Waals surface area contributed by atoms with Crippen LogP contribution in [-0.2, 0) is 0 Å². The molecule has 1 aromatic carbocycles. The zero-order valence-electron chi connectivity index (χ0n) is 14.0. The molecular weight excluding hydrogens is 258 g/mol. The maximum atomic E-state index is 6.50. The Hall–Kier alpha value is -1.02. The molecule has 0 aromatic heterocycles. The van der Waals surface area contributed by atoms with Gasteiger partial charge in [0.05, 0.1) is 6.10 Å². The molecule has 118 valence electrons. The average molecular weight is 289 g/mol. The van der Waals surface area contributed by atoms with Crippen LogP contribution in [0.25, 0.3) is 0 Å². The number of ether oxygens (including phenoxy) is 1. The maximum absolute atomic E-state index is 6.50. The SMILES string of the molecule is CC(C)Oc1ccc(C(N)C2CCC(C(C)C)CC2)cc1. The summed E-state index contributed by atoms with van der Waals surface area (Å²) in [5, 5.41) is 0. The van der Waals surface area contributed by atoms with Crippen molar-refractivity contribution in [2.24, 2.45) is 23.5 Å². The van der Waals surface area contributed by atoms with Crippen molar-refractivity contribution in [1.82, 2.24) is 0 Å². The van der Waals surface area contributed by atoms with Crippen LogP contribution in [0.1, 0.15) is 65.0 Å². The fraction of sp³-hybridized carbons (Fsp3) is 0.684. The summed E-state index contributed by atoms with van der Waals surface area (Å²) in [6.07, 6.45) is 5.44. The Morgan fingerprint density at radius 1 is 0.905 bits per heavy atom. The number of rotatable bonds is 5. The molecule has 1 aromatic rings. The lowest BCUT2D eigenvalue weighted by atomic mass is 9.73. The second kappa shape index (κ2) is 7.31. The normalized spacial score (nSPS) is 24.3. The molecule has 21 heavy (non-hydrogen) atoms. The van der Waals surface area contributed by atoms with Gasteiger partial charge in [0.2, 0.25) is 0 Å². The van der Waals surface area contributed by atoms with E-state index in [-0.39, 0.29) is 12.1 Å². The summed E-state index contributed by atoms with van der Waals surface area (Å²) in [5.41, 5.74) is 7.75. The highest BCUT2D eigenvalue weighted by Crippen LogP contribution is 2.38. The minimum Gasteiger partial charge on any atom is -0.491 e. The molecule has 0 heterocycles. The third-order valence-electron chi connectivity index (χ3n) is 4.90. The van der Waals surface area contributed by atoms with E-state index in [4.69, 9.17) is 10.5 Å². The summed E-state index contributed by atoms with van der Waals surface area (Å²) in [5.74, 6) is 3.28. The zero-order chi connectivity index (χ0) is 15.4. The van der Waals surface area contributed by atoms with Crippen LogP contribution in [0.15, 0.2) is 24.3 Å². The molecule has 2 nitrogen and oxygen atoms in total. The molecule has 0 saturated heterocycles. The van der Waals surface area contributed by atoms with Gasteiger partial charge in [0.1, 0.15) is 5.75 Å². The fourth-order valence-corrected chi connectivity index (χ4v) is 3.48. The van der Waals surface area contributed by atoms with E-state index < -0.39 is 0 Å². The van der Waals surface area contributed by atoms with Crippen LogP contribution < -0.4 is 10.5 Å². The van der Waals surface area contributed by atoms with Gasteiger partial charge in [-0.15, -0.1) is 0 Å². The van der Waals surface area contributed by atoms with Crippen molar-refractivity contribution in [3.05, 3.63) is 29.8 Å². The second-order valence-corrected chi connectivity index (χ2v) is 7.18. The molecule has 0 spiro atoms. The first-order valence-corrected chi connectivity index (χ1v) is 8.49. The van der Waals surface area contributed by atoms with E-state index in [1.807, 2.05) is 13.8 Å². The van der Waals surface area contributed by atoms with E-state index in [2.05, 4.69) is 38.1 Å². The summed E-state index contributed by atoms with van der Waals surface area (Å²) in [7, 11) is 0. The molecule has 2 rings (SSSR count). The molecule has 2 N–H and O–H groups in total. The molecule has 0 aliphatic heterocycles. The highest BCUT2D eigenvalue weighted by atomic mass is 16.5. The van der Waals surface area contributed by atoms with Crippen molar-refractivity contribution in [1.29, 1.82) is 0 Å². The van der Waals surface area contributed by atoms with Crippen LogP contribution in [0, 0.1) is 17.8 Å². The number of hydrogen-bond donors (Lipinski definition) is 1. The van der Waals surface area contributed by atoms with Gasteiger partial charge in [-0.2, -0.15) is 0 Å². The van der Waals surface area contributed by atoms with E-state index in [1.54, 1.807) is 0 Å². The predicted molar refractivity (Wildman–Crippen MR) is 89.4 cm³/mol. The Bertz CT molecular complexity index is 416. The molecule has 1 unspecified atom stereocenters. The van der Waals surface area contributed by atoms with Gasteiger partial charge in [-0.3, -0.25) is 0 Å². The van der Waals surface area contributed by atoms with E-state index in [1.165, 1.54) is 31.2 Å². The van der Waals surface area contributed by atoms with Gasteiger partial charge in [0.15, 0.2) is 0 Å². The minimum absolute atomic E-state index is 0.172. The first-order valence-electron chi connectivity index (χ1n) is 8.49. The topological polar surface area (TPSA) is 35.2 Å². The summed E-state index contributed by atoms with van der Waals surface area (Å²) in [6.45, 7) is 8.79. The highest BCUT2D eigenvalue weighted by Gasteiger charge is 2.27. The van der Waals surface area contributed by atoms with Crippen LogP contribution in [0.2, 0.25) is 0 Å². The van der Waals surface area contributed by atoms with Crippen LogP contribution in [-0.4, -0.2) is 6.10 Å². The first kappa shape index (κ1) is 16.4. The molecule has 1 aliphatic rings. The number of hydrogen-bond acceptors (Lipinski definition) is 2. The second-order valence-electron chi connectivity index (χ2n) is 7.18. The molecule has 1 atom stereocenters. The van der Waals surface area contributed by atoms with Crippen molar-refractivity contribution in [3.8, 4) is 5.75 Å². The van der Waals surface area contributed by atoms with E-state index in [0.717, 1.165) is 17.6 Å². The monoisotopic (exact) mass is 289 g/mol. The van der Waals surface area contributed by atoms with Gasteiger partial charge in [0.25, 0.3) is 0 Å². The number of benzene rings is 1. The van der Waals surface area contributed by atoms with Crippen LogP contribution in [0.3, 0.4) is 0 Å². The van der Waals surface area contributed by atoms with Crippen LogP contribution >= 0.6 is 0 Å². The Morgan fingerprint density at radius 3 is 1.90 bits per heavy atom. The first-order chi connectivity index (χ1) is 9.97. The van der Waals surface area contributed by atoms with Gasteiger partial charge in [-0.25, -0.2) is 0 Å². The molecule has 0 amide bonds. The van der Waals surface area contributed by atoms with Gasteiger partial charge in [0, 0.05) is 6.04 Å². The van der Waals surface area contributed by atoms with Crippen molar-refractivity contribution >= 4 is 0 Å². The quantitative estimate of drug-likeness (QED) is 0.833. The Labute approximate surface area is 130 Å². The lowest BCUT2D eigenvalue weighted by Crippen LogP contribution is -2.27. The standard InChI is InChI=1S/C19H31NO/c1-13(2)15-5-7-16(8-6-15)19(20)17-9-11-18(12-10-17)21-14(3)4/h9-16,19H,5-8,20H2,1-4H3. The highest BCUT2D eigenvalue weighted by molar-refractivity contribution is 5.29. The van der Waals surface area contributed by atoms with E-state index >= 15 is 0 Å². The van der Waals surface area contributed by atoms with E-state index in [0.29, 0.717) is 5.92 Å². The zero-order valence-corrected chi connectivity index (χ0v) is 14.0. The molecule has 0 radical (unpaired) electrons. The van der Waals surface area contributed by atoms with Gasteiger partial charge in [-0.05, 0) is 75.0 Å². The van der Waals surface area contributed by atoms with Crippen molar-refractivity contribution in [2.75, 3.05) is 0 Å². The summed E-state index contributed by atoms with van der Waals surface area (Å²) >= 11 is 0. The largest absolute Gasteiger partial charge is 0.491 e. The fourth-order valence-electron chi connectivity index (χ4n) is 3.48. The molecule has 1 aliphatic carbocycles. The van der Waals surface area contributed by atoms with Crippen molar-refractivity contribution in [3.63, 3.8) is 0 Å². The average Bonchev–Trinajstić information content (AvgIpc) is 2.47. The maximum Gasteiger partial charge on any atom is 0.119 e. The van der Waals surface area contributed by atoms with Crippen molar-refractivity contribution < 1.29 is 4.74 Å².